The lowest BCUT2D eigenvalue weighted by molar-refractivity contribution is -0.167. The minimum Gasteiger partial charge on any atom is -0.347 e. The molecule has 5 nitrogen and oxygen atoms in total. The minimum atomic E-state index is -4.95. The molecule has 2 fully saturated rings. The van der Waals surface area contributed by atoms with Crippen LogP contribution in [-0.4, -0.2) is 48.6 Å². The van der Waals surface area contributed by atoms with E-state index >= 15 is 0 Å². The van der Waals surface area contributed by atoms with Gasteiger partial charge in [0.15, 0.2) is 0 Å². The molecule has 1 aromatic heterocycles. The number of nitrogens with one attached hydrogen (secondary N) is 2. The van der Waals surface area contributed by atoms with Crippen LogP contribution in [0.25, 0.3) is 10.4 Å². The van der Waals surface area contributed by atoms with E-state index in [1.807, 2.05) is 5.32 Å². The number of hydrogen-bond acceptors (Lipinski definition) is 4. The molecule has 3 unspecified atom stereocenters. The van der Waals surface area contributed by atoms with Crippen LogP contribution >= 0.6 is 11.3 Å². The summed E-state index contributed by atoms with van der Waals surface area (Å²) in [5.74, 6) is -1.49. The van der Waals surface area contributed by atoms with Crippen LogP contribution in [0.2, 0.25) is 0 Å². The molecule has 2 saturated heterocycles. The Balaban J connectivity index is 1.43. The zero-order valence-corrected chi connectivity index (χ0v) is 16.3. The summed E-state index contributed by atoms with van der Waals surface area (Å²) in [5, 5.41) is 4.95. The normalized spacial score (nSPS) is 23.6. The number of fused-ring (bicyclic) bond motifs is 2. The predicted molar refractivity (Wildman–Crippen MR) is 105 cm³/mol. The highest BCUT2D eigenvalue weighted by molar-refractivity contribution is 7.17. The molecule has 1 aromatic carbocycles. The third kappa shape index (κ3) is 4.62. The van der Waals surface area contributed by atoms with Gasteiger partial charge in [0, 0.05) is 29.7 Å². The van der Waals surface area contributed by atoms with Crippen LogP contribution < -0.4 is 10.6 Å². The Kier molecular flexibility index (Phi) is 5.35. The van der Waals surface area contributed by atoms with Gasteiger partial charge >= 0.3 is 12.1 Å². The topological polar surface area (TPSA) is 61.4 Å². The zero-order chi connectivity index (χ0) is 20.6. The van der Waals surface area contributed by atoms with Crippen molar-refractivity contribution in [1.29, 1.82) is 0 Å². The lowest BCUT2D eigenvalue weighted by Crippen LogP contribution is -2.46. The lowest BCUT2D eigenvalue weighted by Gasteiger charge is -2.30. The Bertz CT molecular complexity index is 916. The van der Waals surface area contributed by atoms with Crippen molar-refractivity contribution in [3.05, 3.63) is 41.3 Å². The number of halogens is 3. The van der Waals surface area contributed by atoms with Crippen LogP contribution in [0.3, 0.4) is 0 Å². The molecule has 2 aliphatic heterocycles. The second-order valence-corrected chi connectivity index (χ2v) is 8.60. The Hall–Kier alpha value is -2.39. The summed E-state index contributed by atoms with van der Waals surface area (Å²) in [6.07, 6.45) is -2.75. The summed E-state index contributed by atoms with van der Waals surface area (Å²) in [7, 11) is 0. The van der Waals surface area contributed by atoms with E-state index in [2.05, 4.69) is 10.2 Å². The SMILES string of the molecule is O=C(NC1CC2CCN(C2)C1)c1ccc(-c2cccc(NC(=O)C(F)(F)F)c2)s1. The third-order valence-corrected chi connectivity index (χ3v) is 6.43. The van der Waals surface area contributed by atoms with Crippen molar-refractivity contribution in [3.63, 3.8) is 0 Å². The number of alkyl halides is 3. The third-order valence-electron chi connectivity index (χ3n) is 5.29. The van der Waals surface area contributed by atoms with Crippen LogP contribution in [-0.2, 0) is 4.79 Å². The van der Waals surface area contributed by atoms with E-state index in [4.69, 9.17) is 0 Å². The van der Waals surface area contributed by atoms with Crippen molar-refractivity contribution < 1.29 is 22.8 Å². The molecule has 2 aromatic rings. The molecule has 0 saturated carbocycles. The molecule has 2 bridgehead atoms. The molecule has 154 valence electrons. The number of nitrogens with zero attached hydrogens (tertiary/aromatic N) is 1. The van der Waals surface area contributed by atoms with Gasteiger partial charge in [-0.05, 0) is 55.1 Å². The van der Waals surface area contributed by atoms with Gasteiger partial charge in [0.2, 0.25) is 0 Å². The number of carbonyl (C=O) groups excluding carboxylic acids is 2. The maximum absolute atomic E-state index is 12.6. The van der Waals surface area contributed by atoms with Gasteiger partial charge in [-0.3, -0.25) is 9.59 Å². The molecule has 4 rings (SSSR count). The van der Waals surface area contributed by atoms with E-state index in [0.29, 0.717) is 16.4 Å². The Morgan fingerprint density at radius 1 is 1.14 bits per heavy atom. The van der Waals surface area contributed by atoms with Crippen molar-refractivity contribution in [2.75, 3.05) is 25.0 Å². The van der Waals surface area contributed by atoms with Crippen molar-refractivity contribution >= 4 is 28.8 Å². The van der Waals surface area contributed by atoms with Crippen molar-refractivity contribution in [2.45, 2.75) is 25.1 Å². The van der Waals surface area contributed by atoms with Gasteiger partial charge in [-0.15, -0.1) is 11.3 Å². The Labute approximate surface area is 169 Å². The molecule has 29 heavy (non-hydrogen) atoms. The molecule has 0 aliphatic carbocycles. The summed E-state index contributed by atoms with van der Waals surface area (Å²) >= 11 is 1.27. The van der Waals surface area contributed by atoms with Crippen molar-refractivity contribution in [3.8, 4) is 10.4 Å². The van der Waals surface area contributed by atoms with E-state index in [9.17, 15) is 22.8 Å². The van der Waals surface area contributed by atoms with E-state index in [1.165, 1.54) is 29.9 Å². The number of carbonyl (C=O) groups is 2. The first-order valence-electron chi connectivity index (χ1n) is 9.39. The molecule has 2 N–H and O–H groups in total. The first-order chi connectivity index (χ1) is 13.8. The number of amides is 2. The molecule has 0 spiro atoms. The van der Waals surface area contributed by atoms with Crippen LogP contribution in [0.15, 0.2) is 36.4 Å². The summed E-state index contributed by atoms with van der Waals surface area (Å²) in [6.45, 7) is 3.10. The molecule has 0 radical (unpaired) electrons. The maximum Gasteiger partial charge on any atom is 0.471 e. The lowest BCUT2D eigenvalue weighted by atomic mass is 9.97. The highest BCUT2D eigenvalue weighted by atomic mass is 32.1. The van der Waals surface area contributed by atoms with E-state index in [-0.39, 0.29) is 17.6 Å². The fourth-order valence-corrected chi connectivity index (χ4v) is 4.89. The smallest absolute Gasteiger partial charge is 0.347 e. The highest BCUT2D eigenvalue weighted by Crippen LogP contribution is 2.31. The van der Waals surface area contributed by atoms with Crippen LogP contribution in [0.4, 0.5) is 18.9 Å². The fraction of sp³-hybridized carbons (Fsp3) is 0.400. The Morgan fingerprint density at radius 3 is 2.72 bits per heavy atom. The molecule has 3 atom stereocenters. The number of piperidine rings is 1. The predicted octanol–water partition coefficient (Wildman–Crippen LogP) is 3.74. The van der Waals surface area contributed by atoms with E-state index in [1.54, 1.807) is 24.3 Å². The average Bonchev–Trinajstić information content (AvgIpc) is 3.28. The van der Waals surface area contributed by atoms with E-state index in [0.717, 1.165) is 30.9 Å². The van der Waals surface area contributed by atoms with Crippen LogP contribution in [0.5, 0.6) is 0 Å². The summed E-state index contributed by atoms with van der Waals surface area (Å²) in [4.78, 5) is 27.4. The van der Waals surface area contributed by atoms with Gasteiger partial charge in [0.1, 0.15) is 0 Å². The van der Waals surface area contributed by atoms with Gasteiger partial charge in [-0.25, -0.2) is 0 Å². The molecule has 3 heterocycles. The monoisotopic (exact) mass is 423 g/mol. The van der Waals surface area contributed by atoms with Gasteiger partial charge in [0.25, 0.3) is 5.91 Å². The Morgan fingerprint density at radius 2 is 1.97 bits per heavy atom. The van der Waals surface area contributed by atoms with Gasteiger partial charge in [0.05, 0.1) is 4.88 Å². The number of anilines is 1. The number of rotatable bonds is 4. The molecular weight excluding hydrogens is 403 g/mol. The van der Waals surface area contributed by atoms with E-state index < -0.39 is 12.1 Å². The largest absolute Gasteiger partial charge is 0.471 e. The summed E-state index contributed by atoms with van der Waals surface area (Å²) in [5.41, 5.74) is 0.687. The molecule has 9 heteroatoms. The maximum atomic E-state index is 12.6. The molecule has 2 aliphatic rings. The fourth-order valence-electron chi connectivity index (χ4n) is 3.99. The van der Waals surface area contributed by atoms with Crippen molar-refractivity contribution in [2.24, 2.45) is 5.92 Å². The second-order valence-electron chi connectivity index (χ2n) is 7.52. The minimum absolute atomic E-state index is 0.0518. The molecular formula is C20H20F3N3O2S. The average molecular weight is 423 g/mol. The second kappa shape index (κ2) is 7.79. The quantitative estimate of drug-likeness (QED) is 0.788. The van der Waals surface area contributed by atoms with Gasteiger partial charge in [-0.1, -0.05) is 12.1 Å². The number of hydrogen-bond donors (Lipinski definition) is 2. The standard InChI is InChI=1S/C20H20F3N3O2S/c21-20(22,23)19(28)25-14-3-1-2-13(9-14)16-4-5-17(29-16)18(27)24-15-8-12-6-7-26(10-12)11-15/h1-5,9,12,15H,6-8,10-11H2,(H,24,27)(H,25,28). The summed E-state index contributed by atoms with van der Waals surface area (Å²) < 4.78 is 37.3. The molecule has 2 amide bonds. The van der Waals surface area contributed by atoms with Gasteiger partial charge < -0.3 is 15.5 Å². The first-order valence-corrected chi connectivity index (χ1v) is 10.2. The number of benzene rings is 1. The van der Waals surface area contributed by atoms with Crippen LogP contribution in [0.1, 0.15) is 22.5 Å². The highest BCUT2D eigenvalue weighted by Gasteiger charge is 2.38. The van der Waals surface area contributed by atoms with Gasteiger partial charge in [-0.2, -0.15) is 13.2 Å². The number of thiophene rings is 1. The first kappa shape index (κ1) is 19.9. The summed E-state index contributed by atoms with van der Waals surface area (Å²) in [6, 6.07) is 9.77. The van der Waals surface area contributed by atoms with Crippen molar-refractivity contribution in [1.82, 2.24) is 10.2 Å². The zero-order valence-electron chi connectivity index (χ0n) is 15.5. The van der Waals surface area contributed by atoms with Crippen LogP contribution in [0, 0.1) is 5.92 Å².